The standard InChI is InChI=1S/FH.Mg.6H2O.H4Si.2H/h1H;;6*1H2;1H4;;. The molecular weight excluding hydrogens is 167 g/mol. The van der Waals surface area contributed by atoms with Crippen LogP contribution in [-0.2, 0) is 0 Å². The molecule has 0 aromatic rings. The fourth-order valence-corrected chi connectivity index (χ4v) is 0. The molecule has 68 valence electrons. The van der Waals surface area contributed by atoms with Crippen LogP contribution < -0.4 is 0 Å². The third kappa shape index (κ3) is 852. The number of halogens is 1. The molecule has 0 heterocycles. The van der Waals surface area contributed by atoms with Crippen LogP contribution >= 0.6 is 0 Å². The zero-order chi connectivity index (χ0) is 0. The highest BCUT2D eigenvalue weighted by molar-refractivity contribution is 5.76. The highest BCUT2D eigenvalue weighted by Crippen LogP contribution is 0.420. The van der Waals surface area contributed by atoms with Gasteiger partial charge in [0.05, 0.1) is 0 Å². The van der Waals surface area contributed by atoms with Gasteiger partial charge in [0, 0.05) is 0 Å². The summed E-state index contributed by atoms with van der Waals surface area (Å²) in [7, 11) is 0. The summed E-state index contributed by atoms with van der Waals surface area (Å²) in [5.41, 5.74) is 0. The Morgan fingerprint density at radius 2 is 0.444 bits per heavy atom. The number of hydrogen-bond acceptors (Lipinski definition) is 0. The van der Waals surface area contributed by atoms with E-state index in [9.17, 15) is 0 Å². The molecule has 12 N–H and O–H groups in total. The van der Waals surface area contributed by atoms with E-state index in [2.05, 4.69) is 0 Å². The molecule has 9 heteroatoms. The van der Waals surface area contributed by atoms with Crippen molar-refractivity contribution in [1.29, 1.82) is 0 Å². The summed E-state index contributed by atoms with van der Waals surface area (Å²) in [6.45, 7) is 0. The van der Waals surface area contributed by atoms with Crippen molar-refractivity contribution in [3.8, 4) is 0 Å². The van der Waals surface area contributed by atoms with Crippen LogP contribution in [0.15, 0.2) is 0 Å². The monoisotopic (exact) mass is 186 g/mol. The van der Waals surface area contributed by atoms with Gasteiger partial charge in [-0.05, 0) is 11.0 Å². The van der Waals surface area contributed by atoms with Crippen LogP contribution in [-0.4, -0.2) is 66.9 Å². The van der Waals surface area contributed by atoms with Gasteiger partial charge in [0.25, 0.3) is 0 Å². The quantitative estimate of drug-likeness (QED) is 0.325. The lowest BCUT2D eigenvalue weighted by Gasteiger charge is -0.413. The molecule has 0 aliphatic carbocycles. The summed E-state index contributed by atoms with van der Waals surface area (Å²) < 4.78 is 0. The molecule has 0 aliphatic heterocycles. The second-order valence-electron chi connectivity index (χ2n) is 0. The van der Waals surface area contributed by atoms with Gasteiger partial charge in [-0.1, -0.05) is 0 Å². The van der Waals surface area contributed by atoms with Crippen LogP contribution in [0.1, 0.15) is 0 Å². The van der Waals surface area contributed by atoms with E-state index in [4.69, 9.17) is 0 Å². The van der Waals surface area contributed by atoms with Crippen molar-refractivity contribution in [3.05, 3.63) is 0 Å². The van der Waals surface area contributed by atoms with Gasteiger partial charge in [0.1, 0.15) is 0 Å². The fourth-order valence-electron chi connectivity index (χ4n) is 0. The Morgan fingerprint density at radius 1 is 0.444 bits per heavy atom. The molecular formula is H19FMgO6Si. The Kier molecular flexibility index (Phi) is 201000. The minimum absolute atomic E-state index is 0. The minimum Gasteiger partial charge on any atom is -0.412 e. The van der Waals surface area contributed by atoms with Gasteiger partial charge in [-0.2, -0.15) is 0 Å². The van der Waals surface area contributed by atoms with Gasteiger partial charge in [0.2, 0.25) is 0 Å². The first-order valence-corrected chi connectivity index (χ1v) is 0. The van der Waals surface area contributed by atoms with E-state index >= 15 is 0 Å². The molecule has 0 atom stereocenters. The molecule has 0 saturated carbocycles. The summed E-state index contributed by atoms with van der Waals surface area (Å²) in [5, 5.41) is 0. The summed E-state index contributed by atoms with van der Waals surface area (Å²) >= 11 is 0. The van der Waals surface area contributed by atoms with Crippen molar-refractivity contribution < 1.29 is 37.6 Å². The van der Waals surface area contributed by atoms with E-state index in [-0.39, 0.29) is 71.6 Å². The summed E-state index contributed by atoms with van der Waals surface area (Å²) in [6.07, 6.45) is 0. The third-order valence-electron chi connectivity index (χ3n) is 0. The molecule has 0 aromatic carbocycles. The van der Waals surface area contributed by atoms with Crippen molar-refractivity contribution in [2.24, 2.45) is 0 Å². The van der Waals surface area contributed by atoms with E-state index in [1.807, 2.05) is 0 Å². The molecule has 0 unspecified atom stereocenters. The lowest BCUT2D eigenvalue weighted by molar-refractivity contribution is 0.823. The molecule has 0 fully saturated rings. The zero-order valence-electron chi connectivity index (χ0n) is 3.41. The number of hydrogen-bond donors (Lipinski definition) is 0. The van der Waals surface area contributed by atoms with E-state index in [0.717, 1.165) is 0 Å². The second kappa shape index (κ2) is 1130. The first-order chi connectivity index (χ1) is 0. The minimum atomic E-state index is 0. The molecule has 0 saturated heterocycles. The maximum absolute atomic E-state index is 0. The summed E-state index contributed by atoms with van der Waals surface area (Å²) in [6, 6.07) is 0. The largest absolute Gasteiger partial charge is 0.412 e. The molecule has 6 nitrogen and oxygen atoms in total. The fraction of sp³-hybridized carbons (Fsp3) is 0. The molecule has 0 amide bonds. The van der Waals surface area contributed by atoms with Gasteiger partial charge < -0.3 is 32.9 Å². The lowest BCUT2D eigenvalue weighted by atomic mass is 16.0. The highest BCUT2D eigenvalue weighted by atomic mass is 28.1. The van der Waals surface area contributed by atoms with Crippen molar-refractivity contribution >= 4 is 34.0 Å². The first-order valence-electron chi connectivity index (χ1n) is 0. The Balaban J connectivity index is 0. The van der Waals surface area contributed by atoms with Crippen molar-refractivity contribution in [2.75, 3.05) is 0 Å². The van der Waals surface area contributed by atoms with Gasteiger partial charge in [-0.15, -0.1) is 0 Å². The molecule has 0 radical (unpaired) electrons. The smallest absolute Gasteiger partial charge is 0.316 e. The van der Waals surface area contributed by atoms with E-state index in [1.165, 1.54) is 0 Å². The number of rotatable bonds is 0. The zero-order valence-corrected chi connectivity index (χ0v) is 3.41. The molecule has 0 aromatic heterocycles. The van der Waals surface area contributed by atoms with Crippen molar-refractivity contribution in [1.82, 2.24) is 0 Å². The van der Waals surface area contributed by atoms with Crippen LogP contribution in [0.2, 0.25) is 0 Å². The maximum atomic E-state index is 0. The van der Waals surface area contributed by atoms with Crippen LogP contribution in [0.5, 0.6) is 0 Å². The molecule has 9 heavy (non-hydrogen) atoms. The van der Waals surface area contributed by atoms with Gasteiger partial charge in [-0.3, -0.25) is 4.70 Å². The van der Waals surface area contributed by atoms with Crippen LogP contribution in [0.25, 0.3) is 0 Å². The Labute approximate surface area is 72.0 Å². The van der Waals surface area contributed by atoms with Gasteiger partial charge in [0.15, 0.2) is 0 Å². The van der Waals surface area contributed by atoms with Crippen molar-refractivity contribution in [2.45, 2.75) is 0 Å². The lowest BCUT2D eigenvalue weighted by Crippen LogP contribution is -0.382. The predicted octanol–water partition coefficient (Wildman–Crippen LogP) is -7.16. The average Bonchev–Trinajstić information content (AvgIpc) is 0. The van der Waals surface area contributed by atoms with Crippen LogP contribution in [0, 0.1) is 0 Å². The normalized spacial score (nSPS) is 0. The van der Waals surface area contributed by atoms with Crippen LogP contribution in [0.3, 0.4) is 0 Å². The first kappa shape index (κ1) is 1610. The molecule has 0 aliphatic rings. The molecule has 0 bridgehead atoms. The average molecular weight is 187 g/mol. The van der Waals surface area contributed by atoms with E-state index in [0.29, 0.717) is 0 Å². The topological polar surface area (TPSA) is 189 Å². The van der Waals surface area contributed by atoms with Gasteiger partial charge in [-0.25, -0.2) is 0 Å². The van der Waals surface area contributed by atoms with E-state index < -0.39 is 0 Å². The summed E-state index contributed by atoms with van der Waals surface area (Å²) in [4.78, 5) is 0. The van der Waals surface area contributed by atoms with E-state index in [1.54, 1.807) is 0 Å². The molecule has 0 rings (SSSR count). The summed E-state index contributed by atoms with van der Waals surface area (Å²) in [5.74, 6) is 0. The Bertz CT molecular complexity index is 13.0. The van der Waals surface area contributed by atoms with Crippen LogP contribution in [0.4, 0.5) is 4.70 Å². The van der Waals surface area contributed by atoms with Crippen molar-refractivity contribution in [3.63, 3.8) is 0 Å². The van der Waals surface area contributed by atoms with Gasteiger partial charge >= 0.3 is 23.1 Å². The SMILES string of the molecule is F.O.O.O.O.O.O.[MgH2].[SiH4]. The Hall–Kier alpha value is 0.673. The molecule has 0 spiro atoms. The second-order valence-corrected chi connectivity index (χ2v) is 0. The highest BCUT2D eigenvalue weighted by Gasteiger charge is 0.316. The third-order valence-corrected chi connectivity index (χ3v) is 0. The Morgan fingerprint density at radius 3 is 0.444 bits per heavy atom. The predicted molar refractivity (Wildman–Crippen MR) is 44.1 cm³/mol. The maximum Gasteiger partial charge on any atom is 0.316 e.